The number of carbonyl (C=O) groups is 2. The molecular formula is C38H53NO14. The Labute approximate surface area is 309 Å². The second kappa shape index (κ2) is 17.1. The van der Waals surface area contributed by atoms with Crippen molar-refractivity contribution < 1.29 is 67.5 Å². The third-order valence-electron chi connectivity index (χ3n) is 9.50. The van der Waals surface area contributed by atoms with Crippen LogP contribution in [0.5, 0.6) is 23.0 Å². The molecule has 15 heteroatoms. The molecule has 1 amide bonds. The van der Waals surface area contributed by atoms with Crippen molar-refractivity contribution in [3.63, 3.8) is 0 Å². The van der Waals surface area contributed by atoms with Crippen LogP contribution in [0.15, 0.2) is 36.4 Å². The number of esters is 1. The highest BCUT2D eigenvalue weighted by Crippen LogP contribution is 2.51. The molecule has 0 aromatic heterocycles. The highest BCUT2D eigenvalue weighted by molar-refractivity contribution is 5.81. The lowest BCUT2D eigenvalue weighted by molar-refractivity contribution is -0.278. The molecule has 3 fully saturated rings. The third-order valence-corrected chi connectivity index (χ3v) is 9.50. The Balaban J connectivity index is 1.24. The summed E-state index contributed by atoms with van der Waals surface area (Å²) in [7, 11) is 4.65. The number of nitrogens with one attached hydrogen (secondary N) is 1. The first-order valence-corrected chi connectivity index (χ1v) is 17.8. The van der Waals surface area contributed by atoms with Gasteiger partial charge in [-0.1, -0.05) is 26.0 Å². The molecule has 0 saturated carbocycles. The quantitative estimate of drug-likeness (QED) is 0.218. The van der Waals surface area contributed by atoms with Crippen molar-refractivity contribution in [1.82, 2.24) is 5.32 Å². The van der Waals surface area contributed by atoms with Crippen LogP contribution in [0.4, 0.5) is 4.79 Å². The number of fused-ring (bicyclic) bond motifs is 1. The Morgan fingerprint density at radius 3 is 1.89 bits per heavy atom. The average Bonchev–Trinajstić information content (AvgIpc) is 3.72. The lowest BCUT2D eigenvalue weighted by Gasteiger charge is -2.40. The van der Waals surface area contributed by atoms with Crippen molar-refractivity contribution >= 4 is 12.1 Å². The Morgan fingerprint density at radius 1 is 0.811 bits per heavy atom. The van der Waals surface area contributed by atoms with E-state index in [1.165, 1.54) is 7.11 Å². The van der Waals surface area contributed by atoms with Gasteiger partial charge < -0.3 is 63.3 Å². The van der Waals surface area contributed by atoms with Gasteiger partial charge in [0.1, 0.15) is 42.7 Å². The largest absolute Gasteiger partial charge is 0.493 e. The van der Waals surface area contributed by atoms with E-state index < -0.39 is 61.0 Å². The number of aliphatic hydroxyl groups is 3. The third kappa shape index (κ3) is 9.45. The summed E-state index contributed by atoms with van der Waals surface area (Å²) in [6, 6.07) is 9.96. The van der Waals surface area contributed by atoms with Gasteiger partial charge in [0.2, 0.25) is 6.29 Å². The molecule has 0 bridgehead atoms. The maximum Gasteiger partial charge on any atom is 0.408 e. The van der Waals surface area contributed by atoms with Crippen LogP contribution in [-0.4, -0.2) is 111 Å². The lowest BCUT2D eigenvalue weighted by Crippen LogP contribution is -2.60. The van der Waals surface area contributed by atoms with Gasteiger partial charge in [-0.2, -0.15) is 0 Å². The van der Waals surface area contributed by atoms with E-state index in [4.69, 9.17) is 42.6 Å². The molecule has 294 valence electrons. The van der Waals surface area contributed by atoms with Gasteiger partial charge in [0.25, 0.3) is 0 Å². The molecule has 3 saturated heterocycles. The molecule has 5 rings (SSSR count). The maximum atomic E-state index is 13.1. The summed E-state index contributed by atoms with van der Waals surface area (Å²) in [5.41, 5.74) is 1.03. The number of hydrogen-bond donors (Lipinski definition) is 4. The number of carbonyl (C=O) groups excluding carboxylic acids is 2. The molecular weight excluding hydrogens is 694 g/mol. The number of rotatable bonds is 13. The van der Waals surface area contributed by atoms with Crippen LogP contribution in [0.1, 0.15) is 64.4 Å². The van der Waals surface area contributed by atoms with E-state index in [0.29, 0.717) is 30.5 Å². The fourth-order valence-corrected chi connectivity index (χ4v) is 6.90. The van der Waals surface area contributed by atoms with E-state index in [2.05, 4.69) is 5.32 Å². The predicted octanol–water partition coefficient (Wildman–Crippen LogP) is 3.46. The zero-order chi connectivity index (χ0) is 38.6. The Kier molecular flexibility index (Phi) is 13.0. The van der Waals surface area contributed by atoms with E-state index in [-0.39, 0.29) is 42.1 Å². The SMILES string of the molecule is COc1ccc([C@@H]2OC[C@H]3[C@@H]2CO[C@@H]3c2ccc(O[C@H]3O[C@H](COC(=O)[C@H](CC(C)C)NC(=O)OC(C)(C)C)[C@@H](O)[C@H](O)[C@H]3O)c(OC)c2)cc1OC. The summed E-state index contributed by atoms with van der Waals surface area (Å²) in [4.78, 5) is 25.5. The number of benzene rings is 2. The smallest absolute Gasteiger partial charge is 0.408 e. The minimum absolute atomic E-state index is 0.0178. The van der Waals surface area contributed by atoms with Crippen LogP contribution >= 0.6 is 0 Å². The van der Waals surface area contributed by atoms with E-state index in [9.17, 15) is 24.9 Å². The Hall–Kier alpha value is -3.86. The van der Waals surface area contributed by atoms with Gasteiger partial charge in [-0.05, 0) is 68.5 Å². The molecule has 10 atom stereocenters. The van der Waals surface area contributed by atoms with E-state index in [1.807, 2.05) is 38.1 Å². The van der Waals surface area contributed by atoms with Crippen LogP contribution in [-0.2, 0) is 28.5 Å². The first kappa shape index (κ1) is 40.3. The molecule has 4 N–H and O–H groups in total. The number of methoxy groups -OCH3 is 3. The molecule has 3 aliphatic rings. The fraction of sp³-hybridized carbons (Fsp3) is 0.632. The number of ether oxygens (including phenoxy) is 9. The van der Waals surface area contributed by atoms with Crippen molar-refractivity contribution in [2.45, 2.75) is 95.6 Å². The highest BCUT2D eigenvalue weighted by atomic mass is 16.7. The van der Waals surface area contributed by atoms with Crippen LogP contribution in [0.3, 0.4) is 0 Å². The summed E-state index contributed by atoms with van der Waals surface area (Å²) < 4.78 is 51.6. The summed E-state index contributed by atoms with van der Waals surface area (Å²) in [6.07, 6.45) is -8.72. The van der Waals surface area contributed by atoms with Gasteiger partial charge >= 0.3 is 12.1 Å². The minimum Gasteiger partial charge on any atom is -0.493 e. The van der Waals surface area contributed by atoms with Crippen molar-refractivity contribution in [1.29, 1.82) is 0 Å². The second-order valence-corrected chi connectivity index (χ2v) is 15.0. The first-order chi connectivity index (χ1) is 25.1. The van der Waals surface area contributed by atoms with E-state index in [1.54, 1.807) is 47.1 Å². The van der Waals surface area contributed by atoms with Crippen molar-refractivity contribution in [3.8, 4) is 23.0 Å². The topological polar surface area (TPSA) is 190 Å². The highest BCUT2D eigenvalue weighted by Gasteiger charge is 2.49. The van der Waals surface area contributed by atoms with Gasteiger partial charge in [-0.15, -0.1) is 0 Å². The Bertz CT molecular complexity index is 1560. The number of aliphatic hydroxyl groups excluding tert-OH is 3. The van der Waals surface area contributed by atoms with Crippen LogP contribution in [0, 0.1) is 17.8 Å². The Morgan fingerprint density at radius 2 is 1.36 bits per heavy atom. The minimum atomic E-state index is -1.70. The van der Waals surface area contributed by atoms with Crippen molar-refractivity contribution in [2.75, 3.05) is 41.2 Å². The molecule has 2 aromatic carbocycles. The average molecular weight is 748 g/mol. The number of hydrogen-bond acceptors (Lipinski definition) is 14. The normalized spacial score (nSPS) is 28.9. The maximum absolute atomic E-state index is 13.1. The molecule has 2 aromatic rings. The standard InChI is InChI=1S/C38H53NO14/c1-19(2)13-24(39-37(44)53-38(3,4)5)35(43)50-18-29-30(40)31(41)32(42)36(52-29)51-26-12-10-21(15-28(26)47-8)34-23-17-48-33(22(23)16-49-34)20-9-11-25(45-6)27(14-20)46-7/h9-12,14-15,19,22-24,29-34,36,40-42H,13,16-18H2,1-8H3,(H,39,44)/t22-,23-,24-,29+,30+,31-,32+,33-,34+,36-/m0/s1. The lowest BCUT2D eigenvalue weighted by atomic mass is 9.85. The summed E-state index contributed by atoms with van der Waals surface area (Å²) in [5.74, 6) is 1.16. The molecule has 0 radical (unpaired) electrons. The van der Waals surface area contributed by atoms with Gasteiger partial charge in [0.15, 0.2) is 23.0 Å². The zero-order valence-electron chi connectivity index (χ0n) is 31.5. The van der Waals surface area contributed by atoms with Gasteiger partial charge in [0.05, 0.1) is 46.8 Å². The van der Waals surface area contributed by atoms with Crippen LogP contribution in [0.25, 0.3) is 0 Å². The summed E-state index contributed by atoms with van der Waals surface area (Å²) in [6.45, 7) is 9.33. The van der Waals surface area contributed by atoms with E-state index >= 15 is 0 Å². The van der Waals surface area contributed by atoms with Gasteiger partial charge in [-0.3, -0.25) is 0 Å². The molecule has 3 aliphatic heterocycles. The van der Waals surface area contributed by atoms with Crippen molar-refractivity contribution in [2.24, 2.45) is 17.8 Å². The van der Waals surface area contributed by atoms with Crippen LogP contribution in [0.2, 0.25) is 0 Å². The first-order valence-electron chi connectivity index (χ1n) is 17.8. The van der Waals surface area contributed by atoms with Crippen LogP contribution < -0.4 is 24.3 Å². The molecule has 3 heterocycles. The molecule has 15 nitrogen and oxygen atoms in total. The predicted molar refractivity (Wildman–Crippen MR) is 188 cm³/mol. The number of alkyl carbamates (subject to hydrolysis) is 1. The zero-order valence-corrected chi connectivity index (χ0v) is 31.5. The molecule has 0 spiro atoms. The van der Waals surface area contributed by atoms with Gasteiger partial charge in [0, 0.05) is 11.8 Å². The number of amides is 1. The second-order valence-electron chi connectivity index (χ2n) is 15.0. The summed E-state index contributed by atoms with van der Waals surface area (Å²) in [5, 5.41) is 34.7. The van der Waals surface area contributed by atoms with Gasteiger partial charge in [-0.25, -0.2) is 9.59 Å². The van der Waals surface area contributed by atoms with E-state index in [0.717, 1.165) is 11.1 Å². The molecule has 0 unspecified atom stereocenters. The van der Waals surface area contributed by atoms with Crippen molar-refractivity contribution in [3.05, 3.63) is 47.5 Å². The monoisotopic (exact) mass is 747 g/mol. The molecule has 53 heavy (non-hydrogen) atoms. The fourth-order valence-electron chi connectivity index (χ4n) is 6.90. The summed E-state index contributed by atoms with van der Waals surface area (Å²) >= 11 is 0. The molecule has 0 aliphatic carbocycles.